The zero-order chi connectivity index (χ0) is 14.4. The number of rotatable bonds is 6. The van der Waals surface area contributed by atoms with Crippen LogP contribution in [0.4, 0.5) is 4.39 Å². The Morgan fingerprint density at radius 2 is 2.05 bits per heavy atom. The summed E-state index contributed by atoms with van der Waals surface area (Å²) in [5.74, 6) is 0.203. The van der Waals surface area contributed by atoms with Crippen LogP contribution in [0, 0.1) is 12.7 Å². The number of ether oxygens (including phenoxy) is 1. The predicted octanol–water partition coefficient (Wildman–Crippen LogP) is 3.28. The van der Waals surface area contributed by atoms with Gasteiger partial charge in [-0.05, 0) is 48.2 Å². The number of thiophene rings is 1. The number of carbonyl (C=O) groups is 1. The van der Waals surface area contributed by atoms with Gasteiger partial charge in [0, 0.05) is 4.88 Å². The summed E-state index contributed by atoms with van der Waals surface area (Å²) >= 11 is 1.63. The van der Waals surface area contributed by atoms with E-state index in [2.05, 4.69) is 5.32 Å². The summed E-state index contributed by atoms with van der Waals surface area (Å²) in [5, 5.41) is 4.86. The lowest BCUT2D eigenvalue weighted by atomic mass is 10.3. The predicted molar refractivity (Wildman–Crippen MR) is 77.4 cm³/mol. The molecule has 0 aliphatic heterocycles. The minimum absolute atomic E-state index is 0.0556. The molecule has 0 aliphatic carbocycles. The first-order chi connectivity index (χ1) is 9.65. The molecule has 1 amide bonds. The highest BCUT2D eigenvalue weighted by atomic mass is 32.1. The molecule has 0 aliphatic rings. The van der Waals surface area contributed by atoms with Crippen molar-refractivity contribution in [1.29, 1.82) is 0 Å². The highest BCUT2D eigenvalue weighted by Gasteiger charge is 2.04. The highest BCUT2D eigenvalue weighted by molar-refractivity contribution is 7.10. The molecule has 3 nitrogen and oxygen atoms in total. The summed E-state index contributed by atoms with van der Waals surface area (Å²) in [6.07, 6.45) is 0.280. The molecule has 2 aromatic rings. The van der Waals surface area contributed by atoms with Crippen LogP contribution in [0.3, 0.4) is 0 Å². The molecule has 0 saturated heterocycles. The van der Waals surface area contributed by atoms with E-state index >= 15 is 0 Å². The van der Waals surface area contributed by atoms with Crippen molar-refractivity contribution in [2.75, 3.05) is 6.61 Å². The van der Waals surface area contributed by atoms with Gasteiger partial charge in [0.2, 0.25) is 5.91 Å². The second-order valence-electron chi connectivity index (χ2n) is 4.36. The summed E-state index contributed by atoms with van der Waals surface area (Å²) in [5.41, 5.74) is 1.19. The minimum atomic E-state index is -0.304. The lowest BCUT2D eigenvalue weighted by molar-refractivity contribution is -0.121. The van der Waals surface area contributed by atoms with Crippen molar-refractivity contribution >= 4 is 17.2 Å². The molecule has 2 rings (SSSR count). The van der Waals surface area contributed by atoms with Gasteiger partial charge in [-0.15, -0.1) is 11.3 Å². The Bertz CT molecular complexity index is 566. The van der Waals surface area contributed by atoms with Crippen LogP contribution in [0.5, 0.6) is 5.75 Å². The summed E-state index contributed by atoms with van der Waals surface area (Å²) < 4.78 is 18.1. The van der Waals surface area contributed by atoms with Crippen LogP contribution < -0.4 is 10.1 Å². The van der Waals surface area contributed by atoms with Crippen molar-refractivity contribution in [2.45, 2.75) is 19.9 Å². The molecule has 1 aromatic carbocycles. The molecule has 0 bridgehead atoms. The van der Waals surface area contributed by atoms with E-state index in [9.17, 15) is 9.18 Å². The Morgan fingerprint density at radius 3 is 2.70 bits per heavy atom. The van der Waals surface area contributed by atoms with Gasteiger partial charge >= 0.3 is 0 Å². The van der Waals surface area contributed by atoms with Crippen LogP contribution in [-0.2, 0) is 11.3 Å². The smallest absolute Gasteiger partial charge is 0.223 e. The quantitative estimate of drug-likeness (QED) is 0.887. The van der Waals surface area contributed by atoms with Gasteiger partial charge in [0.25, 0.3) is 0 Å². The van der Waals surface area contributed by atoms with Crippen LogP contribution in [0.2, 0.25) is 0 Å². The summed E-state index contributed by atoms with van der Waals surface area (Å²) in [6.45, 7) is 2.86. The standard InChI is InChI=1S/C15H16FNO2S/c1-11-7-9-20-14(11)10-17-15(18)6-8-19-13-4-2-12(16)3-5-13/h2-5,7,9H,6,8,10H2,1H3,(H,17,18). The maximum atomic E-state index is 12.7. The molecule has 0 fully saturated rings. The van der Waals surface area contributed by atoms with Gasteiger partial charge in [0.05, 0.1) is 19.6 Å². The van der Waals surface area contributed by atoms with Gasteiger partial charge in [-0.3, -0.25) is 4.79 Å². The fourth-order valence-corrected chi connectivity index (χ4v) is 2.49. The maximum absolute atomic E-state index is 12.7. The van der Waals surface area contributed by atoms with Gasteiger partial charge in [0.15, 0.2) is 0 Å². The first-order valence-electron chi connectivity index (χ1n) is 6.33. The average Bonchev–Trinajstić information content (AvgIpc) is 2.84. The zero-order valence-corrected chi connectivity index (χ0v) is 12.0. The number of benzene rings is 1. The molecule has 0 spiro atoms. The Labute approximate surface area is 121 Å². The van der Waals surface area contributed by atoms with Crippen molar-refractivity contribution in [2.24, 2.45) is 0 Å². The average molecular weight is 293 g/mol. The molecular formula is C15H16FNO2S. The number of aryl methyl sites for hydroxylation is 1. The molecule has 0 atom stereocenters. The summed E-state index contributed by atoms with van der Waals surface area (Å²) in [4.78, 5) is 12.8. The first-order valence-corrected chi connectivity index (χ1v) is 7.21. The van der Waals surface area contributed by atoms with Gasteiger partial charge in [0.1, 0.15) is 11.6 Å². The molecule has 5 heteroatoms. The third-order valence-electron chi connectivity index (χ3n) is 2.83. The fraction of sp³-hybridized carbons (Fsp3) is 0.267. The molecule has 106 valence electrons. The van der Waals surface area contributed by atoms with E-state index < -0.39 is 0 Å². The molecule has 1 heterocycles. The molecule has 20 heavy (non-hydrogen) atoms. The van der Waals surface area contributed by atoms with Gasteiger partial charge in [-0.25, -0.2) is 4.39 Å². The number of amides is 1. The van der Waals surface area contributed by atoms with E-state index in [1.807, 2.05) is 18.4 Å². The SMILES string of the molecule is Cc1ccsc1CNC(=O)CCOc1ccc(F)cc1. The van der Waals surface area contributed by atoms with E-state index in [0.29, 0.717) is 12.3 Å². The van der Waals surface area contributed by atoms with Gasteiger partial charge < -0.3 is 10.1 Å². The maximum Gasteiger partial charge on any atom is 0.223 e. The van der Waals surface area contributed by atoms with Crippen LogP contribution in [0.15, 0.2) is 35.7 Å². The van der Waals surface area contributed by atoms with E-state index in [-0.39, 0.29) is 24.8 Å². The second-order valence-corrected chi connectivity index (χ2v) is 5.36. The molecule has 0 radical (unpaired) electrons. The first kappa shape index (κ1) is 14.5. The third-order valence-corrected chi connectivity index (χ3v) is 3.85. The zero-order valence-electron chi connectivity index (χ0n) is 11.2. The van der Waals surface area contributed by atoms with Crippen molar-refractivity contribution < 1.29 is 13.9 Å². The highest BCUT2D eigenvalue weighted by Crippen LogP contribution is 2.15. The summed E-state index contributed by atoms with van der Waals surface area (Å²) in [6, 6.07) is 7.78. The number of nitrogens with one attached hydrogen (secondary N) is 1. The molecule has 0 saturated carbocycles. The van der Waals surface area contributed by atoms with Crippen molar-refractivity contribution in [3.63, 3.8) is 0 Å². The van der Waals surface area contributed by atoms with Gasteiger partial charge in [-0.2, -0.15) is 0 Å². The van der Waals surface area contributed by atoms with Gasteiger partial charge in [-0.1, -0.05) is 0 Å². The van der Waals surface area contributed by atoms with Crippen molar-refractivity contribution in [3.8, 4) is 5.75 Å². The van der Waals surface area contributed by atoms with E-state index in [0.717, 1.165) is 4.88 Å². The van der Waals surface area contributed by atoms with Crippen LogP contribution in [0.25, 0.3) is 0 Å². The van der Waals surface area contributed by atoms with E-state index in [1.54, 1.807) is 23.5 Å². The number of hydrogen-bond acceptors (Lipinski definition) is 3. The van der Waals surface area contributed by atoms with Crippen molar-refractivity contribution in [1.82, 2.24) is 5.32 Å². The van der Waals surface area contributed by atoms with E-state index in [4.69, 9.17) is 4.74 Å². The topological polar surface area (TPSA) is 38.3 Å². The lowest BCUT2D eigenvalue weighted by Gasteiger charge is -2.07. The Morgan fingerprint density at radius 1 is 1.30 bits per heavy atom. The molecular weight excluding hydrogens is 277 g/mol. The normalized spacial score (nSPS) is 10.3. The largest absolute Gasteiger partial charge is 0.493 e. The number of carbonyl (C=O) groups excluding carboxylic acids is 1. The minimum Gasteiger partial charge on any atom is -0.493 e. The Hall–Kier alpha value is -1.88. The Balaban J connectivity index is 1.68. The summed E-state index contributed by atoms with van der Waals surface area (Å²) in [7, 11) is 0. The monoisotopic (exact) mass is 293 g/mol. The molecule has 1 N–H and O–H groups in total. The number of hydrogen-bond donors (Lipinski definition) is 1. The molecule has 1 aromatic heterocycles. The van der Waals surface area contributed by atoms with Crippen molar-refractivity contribution in [3.05, 3.63) is 52.0 Å². The van der Waals surface area contributed by atoms with Crippen LogP contribution >= 0.6 is 11.3 Å². The molecule has 0 unspecified atom stereocenters. The van der Waals surface area contributed by atoms with E-state index in [1.165, 1.54) is 17.7 Å². The fourth-order valence-electron chi connectivity index (χ4n) is 1.64. The lowest BCUT2D eigenvalue weighted by Crippen LogP contribution is -2.24. The van der Waals surface area contributed by atoms with Crippen LogP contribution in [0.1, 0.15) is 16.9 Å². The Kier molecular flexibility index (Phi) is 5.12. The van der Waals surface area contributed by atoms with Crippen LogP contribution in [-0.4, -0.2) is 12.5 Å². The second kappa shape index (κ2) is 7.05. The third kappa shape index (κ3) is 4.35. The number of halogens is 1.